The maximum Gasteiger partial charge on any atom is 0.335 e. The molecule has 1 aromatic carbocycles. The third kappa shape index (κ3) is 2.76. The molecule has 2 aromatic heterocycles. The molecule has 0 unspecified atom stereocenters. The molecule has 0 saturated heterocycles. The predicted octanol–water partition coefficient (Wildman–Crippen LogP) is 2.08. The highest BCUT2D eigenvalue weighted by molar-refractivity contribution is 5.93. The topological polar surface area (TPSA) is 105 Å². The number of ether oxygens (including phenoxy) is 1. The summed E-state index contributed by atoms with van der Waals surface area (Å²) in [6.07, 6.45) is 1.58. The molecule has 0 bridgehead atoms. The smallest absolute Gasteiger partial charge is 0.335 e. The van der Waals surface area contributed by atoms with E-state index in [0.717, 1.165) is 0 Å². The lowest BCUT2D eigenvalue weighted by Gasteiger charge is -2.08. The Morgan fingerprint density at radius 1 is 1.35 bits per heavy atom. The van der Waals surface area contributed by atoms with E-state index in [4.69, 9.17) is 9.84 Å². The Hall–Kier alpha value is -3.22. The molecule has 7 nitrogen and oxygen atoms in total. The molecular formula is C16H13N3O4. The van der Waals surface area contributed by atoms with E-state index in [0.29, 0.717) is 23.6 Å². The van der Waals surface area contributed by atoms with Crippen molar-refractivity contribution in [3.05, 3.63) is 52.4 Å². The average Bonchev–Trinajstić information content (AvgIpc) is 2.55. The van der Waals surface area contributed by atoms with Gasteiger partial charge in [0.05, 0.1) is 23.1 Å². The molecule has 3 rings (SSSR count). The van der Waals surface area contributed by atoms with Gasteiger partial charge in [0.15, 0.2) is 5.82 Å². The van der Waals surface area contributed by atoms with Gasteiger partial charge in [-0.3, -0.25) is 4.79 Å². The van der Waals surface area contributed by atoms with Gasteiger partial charge in [0.25, 0.3) is 5.56 Å². The lowest BCUT2D eigenvalue weighted by molar-refractivity contribution is 0.0697. The molecule has 0 aliphatic carbocycles. The van der Waals surface area contributed by atoms with Gasteiger partial charge in [-0.15, -0.1) is 0 Å². The molecule has 2 N–H and O–H groups in total. The molecule has 116 valence electrons. The van der Waals surface area contributed by atoms with Crippen LogP contribution in [0.25, 0.3) is 22.4 Å². The number of fused-ring (bicyclic) bond motifs is 1. The van der Waals surface area contributed by atoms with E-state index < -0.39 is 11.5 Å². The fourth-order valence-electron chi connectivity index (χ4n) is 2.22. The number of aromatic carboxylic acids is 1. The zero-order valence-corrected chi connectivity index (χ0v) is 12.2. The minimum Gasteiger partial charge on any atom is -0.491 e. The molecule has 0 saturated carbocycles. The van der Waals surface area contributed by atoms with Crippen molar-refractivity contribution in [1.82, 2.24) is 15.0 Å². The van der Waals surface area contributed by atoms with Crippen LogP contribution in [0.15, 0.2) is 41.3 Å². The highest BCUT2D eigenvalue weighted by Gasteiger charge is 2.13. The maximum absolute atomic E-state index is 12.3. The maximum atomic E-state index is 12.3. The van der Waals surface area contributed by atoms with Gasteiger partial charge < -0.3 is 14.8 Å². The van der Waals surface area contributed by atoms with E-state index in [1.807, 2.05) is 6.92 Å². The van der Waals surface area contributed by atoms with E-state index >= 15 is 0 Å². The van der Waals surface area contributed by atoms with Crippen LogP contribution in [-0.4, -0.2) is 32.6 Å². The van der Waals surface area contributed by atoms with Crippen LogP contribution in [0.4, 0.5) is 0 Å². The number of pyridine rings is 1. The monoisotopic (exact) mass is 311 g/mol. The largest absolute Gasteiger partial charge is 0.491 e. The van der Waals surface area contributed by atoms with E-state index in [-0.39, 0.29) is 16.8 Å². The molecule has 0 radical (unpaired) electrons. The Kier molecular flexibility index (Phi) is 3.76. The van der Waals surface area contributed by atoms with Gasteiger partial charge in [0.2, 0.25) is 0 Å². The molecule has 7 heteroatoms. The zero-order valence-electron chi connectivity index (χ0n) is 12.2. The van der Waals surface area contributed by atoms with Crippen molar-refractivity contribution in [2.24, 2.45) is 0 Å². The second-order valence-corrected chi connectivity index (χ2v) is 4.73. The summed E-state index contributed by atoms with van der Waals surface area (Å²) in [6, 6.07) is 7.68. The van der Waals surface area contributed by atoms with Gasteiger partial charge in [-0.2, -0.15) is 0 Å². The van der Waals surface area contributed by atoms with E-state index in [2.05, 4.69) is 15.0 Å². The molecule has 0 atom stereocenters. The van der Waals surface area contributed by atoms with Gasteiger partial charge in [-0.25, -0.2) is 14.8 Å². The van der Waals surface area contributed by atoms with Gasteiger partial charge >= 0.3 is 5.97 Å². The second-order valence-electron chi connectivity index (χ2n) is 4.73. The first-order valence-electron chi connectivity index (χ1n) is 6.95. The van der Waals surface area contributed by atoms with Crippen molar-refractivity contribution in [3.63, 3.8) is 0 Å². The quantitative estimate of drug-likeness (QED) is 0.764. The summed E-state index contributed by atoms with van der Waals surface area (Å²) in [7, 11) is 0. The normalized spacial score (nSPS) is 10.7. The summed E-state index contributed by atoms with van der Waals surface area (Å²) >= 11 is 0. The van der Waals surface area contributed by atoms with Crippen LogP contribution >= 0.6 is 0 Å². The van der Waals surface area contributed by atoms with Gasteiger partial charge in [0.1, 0.15) is 11.4 Å². The standard InChI is InChI=1S/C16H13N3O4/c1-2-23-12-4-3-7-17-13(12)14-18-11-6-5-9(16(21)22)8-10(11)15(20)19-14/h3-8H,2H2,1H3,(H,21,22)(H,18,19,20). The molecule has 0 aliphatic heterocycles. The number of carbonyl (C=O) groups is 1. The first kappa shape index (κ1) is 14.7. The highest BCUT2D eigenvalue weighted by atomic mass is 16.5. The van der Waals surface area contributed by atoms with Crippen LogP contribution in [-0.2, 0) is 0 Å². The van der Waals surface area contributed by atoms with Crippen molar-refractivity contribution in [2.45, 2.75) is 6.92 Å². The van der Waals surface area contributed by atoms with E-state index in [9.17, 15) is 9.59 Å². The number of nitrogens with zero attached hydrogens (tertiary/aromatic N) is 2. The Labute approximate surface area is 130 Å². The number of aromatic nitrogens is 3. The number of hydrogen-bond acceptors (Lipinski definition) is 5. The number of rotatable bonds is 4. The first-order valence-corrected chi connectivity index (χ1v) is 6.95. The van der Waals surface area contributed by atoms with Gasteiger partial charge in [-0.05, 0) is 37.3 Å². The van der Waals surface area contributed by atoms with Crippen LogP contribution in [0.5, 0.6) is 5.75 Å². The average molecular weight is 311 g/mol. The molecule has 0 aliphatic rings. The number of nitrogens with one attached hydrogen (secondary N) is 1. The van der Waals surface area contributed by atoms with Crippen molar-refractivity contribution in [1.29, 1.82) is 0 Å². The Bertz CT molecular complexity index is 949. The van der Waals surface area contributed by atoms with Crippen LogP contribution in [0.2, 0.25) is 0 Å². The number of benzene rings is 1. The summed E-state index contributed by atoms with van der Waals surface area (Å²) in [5, 5.41) is 9.21. The van der Waals surface area contributed by atoms with Gasteiger partial charge in [-0.1, -0.05) is 0 Å². The number of aromatic amines is 1. The number of H-pyrrole nitrogens is 1. The van der Waals surface area contributed by atoms with Crippen LogP contribution in [0.3, 0.4) is 0 Å². The molecule has 0 amide bonds. The van der Waals surface area contributed by atoms with Crippen LogP contribution < -0.4 is 10.3 Å². The Morgan fingerprint density at radius 3 is 2.91 bits per heavy atom. The van der Waals surface area contributed by atoms with Crippen LogP contribution in [0, 0.1) is 0 Å². The van der Waals surface area contributed by atoms with Crippen molar-refractivity contribution in [3.8, 4) is 17.3 Å². The minimum atomic E-state index is -1.10. The third-order valence-electron chi connectivity index (χ3n) is 3.25. The first-order chi connectivity index (χ1) is 11.1. The molecule has 0 spiro atoms. The van der Waals surface area contributed by atoms with Crippen molar-refractivity contribution < 1.29 is 14.6 Å². The SMILES string of the molecule is CCOc1cccnc1-c1nc2ccc(C(=O)O)cc2c(=O)[nH]1. The summed E-state index contributed by atoms with van der Waals surface area (Å²) in [5.74, 6) is -0.312. The van der Waals surface area contributed by atoms with E-state index in [1.165, 1.54) is 18.2 Å². The lowest BCUT2D eigenvalue weighted by Crippen LogP contribution is -2.11. The summed E-state index contributed by atoms with van der Waals surface area (Å²) in [4.78, 5) is 34.5. The zero-order chi connectivity index (χ0) is 16.4. The van der Waals surface area contributed by atoms with E-state index in [1.54, 1.807) is 18.3 Å². The lowest BCUT2D eigenvalue weighted by atomic mass is 10.1. The predicted molar refractivity (Wildman–Crippen MR) is 83.7 cm³/mol. The number of carboxylic acids is 1. The Balaban J connectivity index is 2.19. The Morgan fingerprint density at radius 2 is 2.17 bits per heavy atom. The van der Waals surface area contributed by atoms with Crippen molar-refractivity contribution >= 4 is 16.9 Å². The molecule has 0 fully saturated rings. The fourth-order valence-corrected chi connectivity index (χ4v) is 2.22. The summed E-state index contributed by atoms with van der Waals surface area (Å²) in [6.45, 7) is 2.30. The third-order valence-corrected chi connectivity index (χ3v) is 3.25. The number of hydrogen-bond donors (Lipinski definition) is 2. The second kappa shape index (κ2) is 5.88. The molecule has 2 heterocycles. The van der Waals surface area contributed by atoms with Crippen molar-refractivity contribution in [2.75, 3.05) is 6.61 Å². The minimum absolute atomic E-state index is 0.0328. The molecule has 3 aromatic rings. The molecular weight excluding hydrogens is 298 g/mol. The number of carboxylic acid groups (broad SMARTS) is 1. The fraction of sp³-hybridized carbons (Fsp3) is 0.125. The van der Waals surface area contributed by atoms with Gasteiger partial charge in [0, 0.05) is 6.20 Å². The summed E-state index contributed by atoms with van der Waals surface area (Å²) < 4.78 is 5.49. The van der Waals surface area contributed by atoms with Crippen LogP contribution in [0.1, 0.15) is 17.3 Å². The summed E-state index contributed by atoms with van der Waals surface area (Å²) in [5.41, 5.74) is 0.420. The highest BCUT2D eigenvalue weighted by Crippen LogP contribution is 2.25. The molecule has 23 heavy (non-hydrogen) atoms.